The summed E-state index contributed by atoms with van der Waals surface area (Å²) >= 11 is 0. The Morgan fingerprint density at radius 1 is 1.12 bits per heavy atom. The Morgan fingerprint density at radius 2 is 1.72 bits per heavy atom. The number of nitrogens with zero attached hydrogens (tertiary/aromatic N) is 2. The fourth-order valence-corrected chi connectivity index (χ4v) is 3.87. The van der Waals surface area contributed by atoms with Crippen LogP contribution >= 0.6 is 0 Å². The van der Waals surface area contributed by atoms with Crippen molar-refractivity contribution in [2.45, 2.75) is 26.8 Å². The first-order chi connectivity index (χ1) is 11.8. The summed E-state index contributed by atoms with van der Waals surface area (Å²) in [4.78, 5) is 4.71. The van der Waals surface area contributed by atoms with E-state index in [9.17, 15) is 8.42 Å². The van der Waals surface area contributed by atoms with Gasteiger partial charge in [-0.15, -0.1) is 0 Å². The highest BCUT2D eigenvalue weighted by Crippen LogP contribution is 2.13. The van der Waals surface area contributed by atoms with Crippen LogP contribution in [-0.4, -0.2) is 64.0 Å². The van der Waals surface area contributed by atoms with Crippen LogP contribution in [-0.2, 0) is 10.0 Å². The van der Waals surface area contributed by atoms with Crippen LogP contribution in [0.3, 0.4) is 0 Å². The van der Waals surface area contributed by atoms with Gasteiger partial charge in [0.05, 0.1) is 0 Å². The van der Waals surface area contributed by atoms with Crippen molar-refractivity contribution in [3.05, 3.63) is 40.8 Å². The molecule has 1 fully saturated rings. The van der Waals surface area contributed by atoms with E-state index in [2.05, 4.69) is 35.4 Å². The second-order valence-corrected chi connectivity index (χ2v) is 8.91. The molecule has 2 rings (SSSR count). The minimum absolute atomic E-state index is 0.219. The van der Waals surface area contributed by atoms with Crippen LogP contribution in [0.5, 0.6) is 0 Å². The van der Waals surface area contributed by atoms with Gasteiger partial charge in [-0.1, -0.05) is 43.7 Å². The number of piperazine rings is 1. The van der Waals surface area contributed by atoms with E-state index in [1.54, 1.807) is 6.08 Å². The van der Waals surface area contributed by atoms with Crippen LogP contribution in [0.1, 0.15) is 25.0 Å². The summed E-state index contributed by atoms with van der Waals surface area (Å²) < 4.78 is 27.4. The van der Waals surface area contributed by atoms with Crippen LogP contribution in [0.25, 0.3) is 6.08 Å². The molecular formula is C19H31N3O2S. The molecule has 1 aliphatic rings. The number of aryl methyl sites for hydroxylation is 1. The van der Waals surface area contributed by atoms with Crippen molar-refractivity contribution in [2.75, 3.05) is 39.8 Å². The first-order valence-corrected chi connectivity index (χ1v) is 10.5. The molecule has 0 radical (unpaired) electrons. The average Bonchev–Trinajstić information content (AvgIpc) is 2.56. The molecule has 1 saturated heterocycles. The molecule has 0 aromatic heterocycles. The van der Waals surface area contributed by atoms with E-state index >= 15 is 0 Å². The molecule has 1 atom stereocenters. The van der Waals surface area contributed by atoms with Gasteiger partial charge < -0.3 is 4.90 Å². The van der Waals surface area contributed by atoms with E-state index in [0.29, 0.717) is 12.5 Å². The summed E-state index contributed by atoms with van der Waals surface area (Å²) in [6.07, 6.45) is 1.64. The Hall–Kier alpha value is -1.21. The third-order valence-electron chi connectivity index (χ3n) is 4.79. The Kier molecular flexibility index (Phi) is 7.19. The van der Waals surface area contributed by atoms with E-state index in [1.807, 2.05) is 31.2 Å². The van der Waals surface area contributed by atoms with Crippen LogP contribution in [0.4, 0.5) is 0 Å². The zero-order valence-electron chi connectivity index (χ0n) is 15.8. The van der Waals surface area contributed by atoms with Gasteiger partial charge in [0.25, 0.3) is 0 Å². The lowest BCUT2D eigenvalue weighted by Gasteiger charge is -2.39. The van der Waals surface area contributed by atoms with E-state index < -0.39 is 10.0 Å². The minimum Gasteiger partial charge on any atom is -0.304 e. The molecule has 1 unspecified atom stereocenters. The summed E-state index contributed by atoms with van der Waals surface area (Å²) in [6, 6.07) is 8.01. The van der Waals surface area contributed by atoms with Gasteiger partial charge in [0.1, 0.15) is 0 Å². The Labute approximate surface area is 152 Å². The maximum absolute atomic E-state index is 12.3. The maximum Gasteiger partial charge on any atom is 0.233 e. The third kappa shape index (κ3) is 6.55. The van der Waals surface area contributed by atoms with Gasteiger partial charge in [-0.25, -0.2) is 13.1 Å². The van der Waals surface area contributed by atoms with Crippen LogP contribution < -0.4 is 4.72 Å². The largest absolute Gasteiger partial charge is 0.304 e. The molecule has 1 aromatic rings. The fraction of sp³-hybridized carbons (Fsp3) is 0.579. The van der Waals surface area contributed by atoms with Crippen LogP contribution in [0.15, 0.2) is 29.7 Å². The quantitative estimate of drug-likeness (QED) is 0.804. The summed E-state index contributed by atoms with van der Waals surface area (Å²) in [6.45, 7) is 10.8. The average molecular weight is 366 g/mol. The van der Waals surface area contributed by atoms with E-state index in [0.717, 1.165) is 37.3 Å². The van der Waals surface area contributed by atoms with Gasteiger partial charge in [-0.3, -0.25) is 4.90 Å². The molecule has 1 aromatic carbocycles. The zero-order chi connectivity index (χ0) is 18.4. The Bertz CT molecular complexity index is 660. The van der Waals surface area contributed by atoms with Gasteiger partial charge in [-0.2, -0.15) is 0 Å². The maximum atomic E-state index is 12.3. The lowest BCUT2D eigenvalue weighted by Crippen LogP contribution is -2.54. The standard InChI is InChI=1S/C19H31N3O2S/c1-16(2)19(22-12-10-21(4)11-13-22)15-20-25(23,24)14-9-18-7-5-17(3)6-8-18/h5-9,14,16,19-20H,10-13,15H2,1-4H3. The molecule has 25 heavy (non-hydrogen) atoms. The number of sulfonamides is 1. The minimum atomic E-state index is -3.44. The van der Waals surface area contributed by atoms with Crippen LogP contribution in [0, 0.1) is 12.8 Å². The highest BCUT2D eigenvalue weighted by molar-refractivity contribution is 7.92. The van der Waals surface area contributed by atoms with Crippen molar-refractivity contribution in [3.63, 3.8) is 0 Å². The molecule has 140 valence electrons. The van der Waals surface area contributed by atoms with Gasteiger partial charge in [-0.05, 0) is 31.5 Å². The van der Waals surface area contributed by atoms with Gasteiger partial charge in [0, 0.05) is 44.2 Å². The number of hydrogen-bond donors (Lipinski definition) is 1. The van der Waals surface area contributed by atoms with Crippen LogP contribution in [0.2, 0.25) is 0 Å². The predicted molar refractivity (Wildman–Crippen MR) is 105 cm³/mol. The Morgan fingerprint density at radius 3 is 2.28 bits per heavy atom. The van der Waals surface area contributed by atoms with Gasteiger partial charge in [0.15, 0.2) is 0 Å². The molecule has 1 aliphatic heterocycles. The number of nitrogens with one attached hydrogen (secondary N) is 1. The van der Waals surface area contributed by atoms with Crippen molar-refractivity contribution in [2.24, 2.45) is 5.92 Å². The molecular weight excluding hydrogens is 334 g/mol. The smallest absolute Gasteiger partial charge is 0.233 e. The molecule has 0 amide bonds. The first kappa shape index (κ1) is 20.1. The molecule has 0 bridgehead atoms. The zero-order valence-corrected chi connectivity index (χ0v) is 16.6. The summed E-state index contributed by atoms with van der Waals surface area (Å²) in [5.41, 5.74) is 2.04. The second kappa shape index (κ2) is 8.94. The SMILES string of the molecule is Cc1ccc(C=CS(=O)(=O)NCC(C(C)C)N2CCN(C)CC2)cc1. The van der Waals surface area contributed by atoms with Crippen molar-refractivity contribution in [3.8, 4) is 0 Å². The summed E-state index contributed by atoms with van der Waals surface area (Å²) in [5, 5.41) is 1.26. The summed E-state index contributed by atoms with van der Waals surface area (Å²) in [7, 11) is -1.31. The fourth-order valence-electron chi connectivity index (χ4n) is 3.04. The van der Waals surface area contributed by atoms with E-state index in [-0.39, 0.29) is 6.04 Å². The van der Waals surface area contributed by atoms with Gasteiger partial charge in [0.2, 0.25) is 10.0 Å². The van der Waals surface area contributed by atoms with Crippen molar-refractivity contribution in [1.29, 1.82) is 0 Å². The van der Waals surface area contributed by atoms with E-state index in [4.69, 9.17) is 0 Å². The number of hydrogen-bond acceptors (Lipinski definition) is 4. The second-order valence-electron chi connectivity index (χ2n) is 7.26. The number of rotatable bonds is 7. The normalized spacial score (nSPS) is 18.9. The molecule has 5 nitrogen and oxygen atoms in total. The molecule has 1 N–H and O–H groups in total. The monoisotopic (exact) mass is 365 g/mol. The number of likely N-dealkylation sites (N-methyl/N-ethyl adjacent to an activating group) is 1. The highest BCUT2D eigenvalue weighted by atomic mass is 32.2. The topological polar surface area (TPSA) is 52.7 Å². The van der Waals surface area contributed by atoms with Crippen molar-refractivity contribution >= 4 is 16.1 Å². The molecule has 0 spiro atoms. The van der Waals surface area contributed by atoms with E-state index in [1.165, 1.54) is 5.41 Å². The van der Waals surface area contributed by atoms with Gasteiger partial charge >= 0.3 is 0 Å². The molecule has 0 saturated carbocycles. The first-order valence-electron chi connectivity index (χ1n) is 8.94. The molecule has 0 aliphatic carbocycles. The Balaban J connectivity index is 1.95. The highest BCUT2D eigenvalue weighted by Gasteiger charge is 2.25. The molecule has 1 heterocycles. The predicted octanol–water partition coefficient (Wildman–Crippen LogP) is 2.16. The lowest BCUT2D eigenvalue weighted by molar-refractivity contribution is 0.0905. The molecule has 6 heteroatoms. The lowest BCUT2D eigenvalue weighted by atomic mass is 10.0. The van der Waals surface area contributed by atoms with Crippen molar-refractivity contribution < 1.29 is 8.42 Å². The third-order valence-corrected chi connectivity index (χ3v) is 5.85. The number of benzene rings is 1. The summed E-state index contributed by atoms with van der Waals surface area (Å²) in [5.74, 6) is 0.396. The van der Waals surface area contributed by atoms with Crippen molar-refractivity contribution in [1.82, 2.24) is 14.5 Å².